The topological polar surface area (TPSA) is 117 Å². The quantitative estimate of drug-likeness (QED) is 0.671. The fourth-order valence-electron chi connectivity index (χ4n) is 3.86. The number of amides is 1. The fourth-order valence-corrected chi connectivity index (χ4v) is 4.49. The van der Waals surface area contributed by atoms with Crippen molar-refractivity contribution in [3.63, 3.8) is 0 Å². The van der Waals surface area contributed by atoms with Crippen LogP contribution in [0.2, 0.25) is 0 Å². The van der Waals surface area contributed by atoms with Gasteiger partial charge in [0.2, 0.25) is 0 Å². The molecule has 0 spiro atoms. The number of sulfone groups is 1. The minimum atomic E-state index is -3.27. The van der Waals surface area contributed by atoms with Gasteiger partial charge in [0.25, 0.3) is 0 Å². The van der Waals surface area contributed by atoms with E-state index in [1.54, 1.807) is 47.6 Å². The van der Waals surface area contributed by atoms with Gasteiger partial charge in [0.05, 0.1) is 16.8 Å². The summed E-state index contributed by atoms with van der Waals surface area (Å²) in [5.41, 5.74) is 3.95. The van der Waals surface area contributed by atoms with Crippen molar-refractivity contribution in [2.45, 2.75) is 24.5 Å². The molecule has 9 nitrogen and oxygen atoms in total. The van der Waals surface area contributed by atoms with Crippen LogP contribution in [0, 0.1) is 0 Å². The van der Waals surface area contributed by atoms with Crippen LogP contribution < -0.4 is 0 Å². The second kappa shape index (κ2) is 9.68. The molecule has 0 saturated heterocycles. The predicted molar refractivity (Wildman–Crippen MR) is 125 cm³/mol. The van der Waals surface area contributed by atoms with E-state index in [2.05, 4.69) is 4.99 Å². The lowest BCUT2D eigenvalue weighted by atomic mass is 10.0. The Bertz CT molecular complexity index is 1250. The monoisotopic (exact) mass is 483 g/mol. The highest BCUT2D eigenvalue weighted by Gasteiger charge is 2.26. The van der Waals surface area contributed by atoms with E-state index in [0.717, 1.165) is 23.1 Å². The molecule has 0 aromatic heterocycles. The van der Waals surface area contributed by atoms with Crippen molar-refractivity contribution in [2.75, 3.05) is 25.9 Å². The van der Waals surface area contributed by atoms with Gasteiger partial charge in [0.1, 0.15) is 6.61 Å². The van der Waals surface area contributed by atoms with E-state index in [9.17, 15) is 18.0 Å². The zero-order chi connectivity index (χ0) is 24.3. The summed E-state index contributed by atoms with van der Waals surface area (Å²) in [5.74, 6) is -0.957. The van der Waals surface area contributed by atoms with Gasteiger partial charge in [0.15, 0.2) is 9.84 Å². The van der Waals surface area contributed by atoms with E-state index in [-0.39, 0.29) is 17.1 Å². The van der Waals surface area contributed by atoms with Crippen molar-refractivity contribution in [3.05, 3.63) is 76.5 Å². The summed E-state index contributed by atoms with van der Waals surface area (Å²) in [6.45, 7) is 2.19. The summed E-state index contributed by atoms with van der Waals surface area (Å²) in [6.07, 6.45) is 3.15. The molecule has 2 aliphatic rings. The number of carbonyl (C=O) groups is 2. The highest BCUT2D eigenvalue weighted by molar-refractivity contribution is 7.90. The van der Waals surface area contributed by atoms with E-state index in [1.165, 1.54) is 12.1 Å². The maximum absolute atomic E-state index is 12.6. The van der Waals surface area contributed by atoms with Crippen molar-refractivity contribution in [2.24, 2.45) is 4.99 Å². The maximum atomic E-state index is 12.6. The lowest BCUT2D eigenvalue weighted by Gasteiger charge is -2.34. The molecule has 0 fully saturated rings. The van der Waals surface area contributed by atoms with Crippen LogP contribution in [0.1, 0.15) is 27.9 Å². The molecule has 1 N–H and O–H groups in total. The second-order valence-corrected chi connectivity index (χ2v) is 10.4. The van der Waals surface area contributed by atoms with E-state index >= 15 is 0 Å². The number of hydrogen-bond acceptors (Lipinski definition) is 7. The molecule has 2 heterocycles. The summed E-state index contributed by atoms with van der Waals surface area (Å²) in [5, 5.41) is 9.04. The summed E-state index contributed by atoms with van der Waals surface area (Å²) in [6, 6.07) is 13.0. The lowest BCUT2D eigenvalue weighted by molar-refractivity contribution is 0.0696. The normalized spacial score (nSPS) is 15.8. The average Bonchev–Trinajstić information content (AvgIpc) is 2.82. The molecule has 0 radical (unpaired) electrons. The van der Waals surface area contributed by atoms with Gasteiger partial charge in [-0.1, -0.05) is 24.3 Å². The third kappa shape index (κ3) is 5.63. The van der Waals surface area contributed by atoms with Crippen LogP contribution >= 0.6 is 0 Å². The molecule has 0 bridgehead atoms. The molecule has 0 aliphatic carbocycles. The van der Waals surface area contributed by atoms with E-state index in [1.807, 2.05) is 4.90 Å². The molecule has 34 heavy (non-hydrogen) atoms. The van der Waals surface area contributed by atoms with Crippen LogP contribution in [-0.2, 0) is 27.7 Å². The summed E-state index contributed by atoms with van der Waals surface area (Å²) >= 11 is 0. The van der Waals surface area contributed by atoms with Gasteiger partial charge in [-0.25, -0.2) is 23.0 Å². The number of hydrogen-bond donors (Lipinski definition) is 1. The third-order valence-corrected chi connectivity index (χ3v) is 6.87. The van der Waals surface area contributed by atoms with Crippen molar-refractivity contribution < 1.29 is 27.9 Å². The standard InChI is InChI=1S/C24H25N3O6S/c1-34(31,32)21-8-4-18(5-9-21)15-33-24(30)27-11-10-22-20(14-27)13-26(16-25-22)12-17-2-6-19(7-3-17)23(28)29/h2-9,16H,10-15H2,1H3,(H,28,29). The lowest BCUT2D eigenvalue weighted by Crippen LogP contribution is -2.41. The number of nitrogens with zero attached hydrogens (tertiary/aromatic N) is 3. The number of aliphatic imine (C=N–C) groups is 1. The fraction of sp³-hybridized carbons (Fsp3) is 0.292. The third-order valence-electron chi connectivity index (χ3n) is 5.74. The molecule has 2 aromatic rings. The molecule has 4 rings (SSSR count). The molecule has 0 saturated carbocycles. The molecule has 10 heteroatoms. The summed E-state index contributed by atoms with van der Waals surface area (Å²) in [7, 11) is -3.27. The Kier molecular flexibility index (Phi) is 6.69. The first-order chi connectivity index (χ1) is 16.2. The largest absolute Gasteiger partial charge is 0.478 e. The Balaban J connectivity index is 1.31. The highest BCUT2D eigenvalue weighted by atomic mass is 32.2. The number of carboxylic acid groups (broad SMARTS) is 1. The van der Waals surface area contributed by atoms with E-state index < -0.39 is 21.9 Å². The van der Waals surface area contributed by atoms with Crippen molar-refractivity contribution in [1.29, 1.82) is 0 Å². The number of carbonyl (C=O) groups excluding carboxylic acids is 1. The number of rotatable bonds is 6. The van der Waals surface area contributed by atoms with Crippen LogP contribution in [-0.4, -0.2) is 67.6 Å². The van der Waals surface area contributed by atoms with Crippen LogP contribution in [0.3, 0.4) is 0 Å². The molecule has 0 atom stereocenters. The molecular formula is C24H25N3O6S. The Morgan fingerprint density at radius 2 is 1.71 bits per heavy atom. The van der Waals surface area contributed by atoms with Crippen LogP contribution in [0.15, 0.2) is 69.7 Å². The zero-order valence-corrected chi connectivity index (χ0v) is 19.5. The van der Waals surface area contributed by atoms with Gasteiger partial charge in [-0.15, -0.1) is 0 Å². The summed E-state index contributed by atoms with van der Waals surface area (Å²) < 4.78 is 28.6. The van der Waals surface area contributed by atoms with Gasteiger partial charge in [-0.3, -0.25) is 0 Å². The Morgan fingerprint density at radius 3 is 2.35 bits per heavy atom. The van der Waals surface area contributed by atoms with Gasteiger partial charge >= 0.3 is 12.1 Å². The Labute approximate surface area is 197 Å². The van der Waals surface area contributed by atoms with Crippen molar-refractivity contribution >= 4 is 28.2 Å². The first kappa shape index (κ1) is 23.5. The van der Waals surface area contributed by atoms with Gasteiger partial charge < -0.3 is 19.6 Å². The second-order valence-electron chi connectivity index (χ2n) is 8.34. The van der Waals surface area contributed by atoms with Crippen LogP contribution in [0.25, 0.3) is 0 Å². The van der Waals surface area contributed by atoms with Crippen molar-refractivity contribution in [3.8, 4) is 0 Å². The molecular weight excluding hydrogens is 458 g/mol. The van der Waals surface area contributed by atoms with Crippen molar-refractivity contribution in [1.82, 2.24) is 9.80 Å². The zero-order valence-electron chi connectivity index (χ0n) is 18.7. The predicted octanol–water partition coefficient (Wildman–Crippen LogP) is 2.93. The van der Waals surface area contributed by atoms with E-state index in [0.29, 0.717) is 38.2 Å². The maximum Gasteiger partial charge on any atom is 0.410 e. The van der Waals surface area contributed by atoms with Gasteiger partial charge in [0, 0.05) is 44.6 Å². The first-order valence-electron chi connectivity index (χ1n) is 10.7. The van der Waals surface area contributed by atoms with Gasteiger partial charge in [-0.2, -0.15) is 0 Å². The number of benzene rings is 2. The van der Waals surface area contributed by atoms with Gasteiger partial charge in [-0.05, 0) is 41.0 Å². The number of ether oxygens (including phenoxy) is 1. The smallest absolute Gasteiger partial charge is 0.410 e. The van der Waals surface area contributed by atoms with Crippen LogP contribution in [0.4, 0.5) is 4.79 Å². The molecule has 0 unspecified atom stereocenters. The minimum absolute atomic E-state index is 0.0574. The average molecular weight is 484 g/mol. The Hall–Kier alpha value is -3.66. The minimum Gasteiger partial charge on any atom is -0.478 e. The van der Waals surface area contributed by atoms with E-state index in [4.69, 9.17) is 9.84 Å². The molecule has 1 amide bonds. The SMILES string of the molecule is CS(=O)(=O)c1ccc(COC(=O)N2CCC3=C(CN(Cc4ccc(C(=O)O)cc4)C=N3)C2)cc1. The number of aromatic carboxylic acids is 1. The summed E-state index contributed by atoms with van der Waals surface area (Å²) in [4.78, 5) is 32.1. The highest BCUT2D eigenvalue weighted by Crippen LogP contribution is 2.24. The molecule has 178 valence electrons. The first-order valence-corrected chi connectivity index (χ1v) is 12.6. The number of carboxylic acids is 1. The molecule has 2 aliphatic heterocycles. The Morgan fingerprint density at radius 1 is 1.03 bits per heavy atom. The van der Waals surface area contributed by atoms with Crippen LogP contribution in [0.5, 0.6) is 0 Å². The molecule has 2 aromatic carbocycles.